The Hall–Kier alpha value is 0.110. The minimum Gasteiger partial charge on any atom is -0.380 e. The van der Waals surface area contributed by atoms with Crippen molar-refractivity contribution in [2.45, 2.75) is 6.42 Å². The number of rotatable bonds is 9. The van der Waals surface area contributed by atoms with E-state index in [1.165, 1.54) is 0 Å². The number of ether oxygens (including phenoxy) is 1. The molecule has 0 aliphatic rings. The Bertz CT molecular complexity index is 378. The van der Waals surface area contributed by atoms with Crippen LogP contribution in [0.3, 0.4) is 0 Å². The average Bonchev–Trinajstić information content (AvgIpc) is 2.06. The van der Waals surface area contributed by atoms with Gasteiger partial charge in [-0.2, -0.15) is 0 Å². The second kappa shape index (κ2) is 7.44. The van der Waals surface area contributed by atoms with Crippen LogP contribution in [0.2, 0.25) is 0 Å². The topological polar surface area (TPSA) is 89.5 Å². The van der Waals surface area contributed by atoms with Crippen LogP contribution < -0.4 is 4.72 Å². The zero-order valence-corrected chi connectivity index (χ0v) is 11.4. The van der Waals surface area contributed by atoms with Crippen LogP contribution >= 0.6 is 11.6 Å². The lowest BCUT2D eigenvalue weighted by Crippen LogP contribution is -2.31. The quantitative estimate of drug-likeness (QED) is 0.459. The highest BCUT2D eigenvalue weighted by molar-refractivity contribution is 8.06. The van der Waals surface area contributed by atoms with Gasteiger partial charge in [0.1, 0.15) is 0 Å². The highest BCUT2D eigenvalue weighted by Crippen LogP contribution is 1.92. The number of hydrogen-bond donors (Lipinski definition) is 1. The Morgan fingerprint density at radius 3 is 2.31 bits per heavy atom. The molecular weight excluding hydrogens is 278 g/mol. The van der Waals surface area contributed by atoms with E-state index in [9.17, 15) is 16.8 Å². The molecule has 16 heavy (non-hydrogen) atoms. The van der Waals surface area contributed by atoms with E-state index in [1.54, 1.807) is 0 Å². The standard InChI is InChI=1S/C7H16ClNO5S2/c1-15(10,11)7-16(12,13)9-4-2-5-14-6-3-8/h9H,2-7H2,1H3. The van der Waals surface area contributed by atoms with Gasteiger partial charge in [-0.25, -0.2) is 21.6 Å². The predicted octanol–water partition coefficient (Wildman–Crippen LogP) is -0.447. The van der Waals surface area contributed by atoms with E-state index in [0.29, 0.717) is 25.5 Å². The molecule has 0 fully saturated rings. The summed E-state index contributed by atoms with van der Waals surface area (Å²) >= 11 is 5.36. The molecule has 0 aromatic carbocycles. The third kappa shape index (κ3) is 10.6. The summed E-state index contributed by atoms with van der Waals surface area (Å²) in [6, 6.07) is 0. The van der Waals surface area contributed by atoms with Crippen molar-refractivity contribution in [2.75, 3.05) is 37.0 Å². The first-order chi connectivity index (χ1) is 7.27. The van der Waals surface area contributed by atoms with Crippen LogP contribution in [-0.4, -0.2) is 53.8 Å². The summed E-state index contributed by atoms with van der Waals surface area (Å²) in [6.45, 7) is 0.950. The van der Waals surface area contributed by atoms with Crippen LogP contribution in [0.15, 0.2) is 0 Å². The highest BCUT2D eigenvalue weighted by Gasteiger charge is 2.16. The van der Waals surface area contributed by atoms with E-state index < -0.39 is 24.9 Å². The lowest BCUT2D eigenvalue weighted by atomic mass is 10.5. The highest BCUT2D eigenvalue weighted by atomic mass is 35.5. The van der Waals surface area contributed by atoms with Crippen molar-refractivity contribution in [1.29, 1.82) is 0 Å². The van der Waals surface area contributed by atoms with Crippen molar-refractivity contribution in [1.82, 2.24) is 4.72 Å². The molecule has 0 aromatic rings. The van der Waals surface area contributed by atoms with Crippen LogP contribution in [0.4, 0.5) is 0 Å². The summed E-state index contributed by atoms with van der Waals surface area (Å²) in [6.07, 6.45) is 1.34. The first kappa shape index (κ1) is 16.1. The third-order valence-electron chi connectivity index (χ3n) is 1.38. The molecule has 0 saturated heterocycles. The molecule has 0 aliphatic heterocycles. The van der Waals surface area contributed by atoms with Crippen molar-refractivity contribution in [3.63, 3.8) is 0 Å². The first-order valence-electron chi connectivity index (χ1n) is 4.55. The summed E-state index contributed by atoms with van der Waals surface area (Å²) in [5.74, 6) is 0.389. The number of alkyl halides is 1. The van der Waals surface area contributed by atoms with Gasteiger partial charge in [-0.15, -0.1) is 11.6 Å². The fraction of sp³-hybridized carbons (Fsp3) is 1.00. The van der Waals surface area contributed by atoms with Crippen LogP contribution in [0.1, 0.15) is 6.42 Å². The van der Waals surface area contributed by atoms with Gasteiger partial charge in [0, 0.05) is 25.3 Å². The molecule has 0 heterocycles. The Labute approximate surface area is 101 Å². The van der Waals surface area contributed by atoms with E-state index in [1.807, 2.05) is 0 Å². The molecule has 98 valence electrons. The minimum atomic E-state index is -3.75. The molecule has 6 nitrogen and oxygen atoms in total. The lowest BCUT2D eigenvalue weighted by Gasteiger charge is -2.05. The second-order valence-corrected chi connectivity index (χ2v) is 7.90. The number of nitrogens with one attached hydrogen (secondary N) is 1. The van der Waals surface area contributed by atoms with Crippen molar-refractivity contribution >= 4 is 31.5 Å². The Kier molecular flexibility index (Phi) is 7.49. The van der Waals surface area contributed by atoms with Gasteiger partial charge in [-0.3, -0.25) is 0 Å². The monoisotopic (exact) mass is 293 g/mol. The Morgan fingerprint density at radius 1 is 1.19 bits per heavy atom. The Morgan fingerprint density at radius 2 is 1.81 bits per heavy atom. The molecule has 1 N–H and O–H groups in total. The molecule has 0 amide bonds. The van der Waals surface area contributed by atoms with Gasteiger partial charge in [0.05, 0.1) is 6.61 Å². The Balaban J connectivity index is 3.76. The van der Waals surface area contributed by atoms with Crippen molar-refractivity contribution in [3.05, 3.63) is 0 Å². The van der Waals surface area contributed by atoms with Gasteiger partial charge in [0.25, 0.3) is 0 Å². The van der Waals surface area contributed by atoms with Crippen molar-refractivity contribution in [3.8, 4) is 0 Å². The molecule has 0 saturated carbocycles. The molecule has 0 aliphatic carbocycles. The molecule has 0 rings (SSSR count). The maximum Gasteiger partial charge on any atom is 0.226 e. The van der Waals surface area contributed by atoms with Crippen molar-refractivity contribution in [2.24, 2.45) is 0 Å². The van der Waals surface area contributed by atoms with E-state index in [2.05, 4.69) is 4.72 Å². The first-order valence-corrected chi connectivity index (χ1v) is 8.80. The summed E-state index contributed by atoms with van der Waals surface area (Å²) in [7, 11) is -7.28. The van der Waals surface area contributed by atoms with E-state index in [-0.39, 0.29) is 6.54 Å². The molecule has 0 atom stereocenters. The summed E-state index contributed by atoms with van der Waals surface area (Å²) in [5.41, 5.74) is 0. The van der Waals surface area contributed by atoms with Crippen LogP contribution in [-0.2, 0) is 24.6 Å². The zero-order chi connectivity index (χ0) is 12.7. The SMILES string of the molecule is CS(=O)(=O)CS(=O)(=O)NCCCOCCCl. The normalized spacial score (nSPS) is 12.9. The number of sulfone groups is 1. The lowest BCUT2D eigenvalue weighted by molar-refractivity contribution is 0.147. The fourth-order valence-electron chi connectivity index (χ4n) is 0.882. The molecule has 9 heteroatoms. The molecule has 0 spiro atoms. The largest absolute Gasteiger partial charge is 0.380 e. The van der Waals surface area contributed by atoms with Gasteiger partial charge in [0.15, 0.2) is 14.9 Å². The van der Waals surface area contributed by atoms with E-state index in [0.717, 1.165) is 6.26 Å². The zero-order valence-electron chi connectivity index (χ0n) is 8.98. The smallest absolute Gasteiger partial charge is 0.226 e. The molecule has 0 radical (unpaired) electrons. The molecule has 0 aromatic heterocycles. The molecule has 0 bridgehead atoms. The molecule has 0 unspecified atom stereocenters. The summed E-state index contributed by atoms with van der Waals surface area (Å²) in [5, 5.41) is -0.886. The van der Waals surface area contributed by atoms with Gasteiger partial charge >= 0.3 is 0 Å². The van der Waals surface area contributed by atoms with Crippen LogP contribution in [0.25, 0.3) is 0 Å². The third-order valence-corrected chi connectivity index (χ3v) is 5.13. The average molecular weight is 294 g/mol. The van der Waals surface area contributed by atoms with E-state index >= 15 is 0 Å². The maximum atomic E-state index is 11.2. The fourth-order valence-corrected chi connectivity index (χ4v) is 4.03. The van der Waals surface area contributed by atoms with Gasteiger partial charge in [0.2, 0.25) is 10.0 Å². The van der Waals surface area contributed by atoms with Gasteiger partial charge in [-0.05, 0) is 6.42 Å². The minimum absolute atomic E-state index is 0.153. The van der Waals surface area contributed by atoms with Crippen molar-refractivity contribution < 1.29 is 21.6 Å². The summed E-state index contributed by atoms with van der Waals surface area (Å²) in [4.78, 5) is 0. The predicted molar refractivity (Wildman–Crippen MR) is 62.8 cm³/mol. The van der Waals surface area contributed by atoms with Gasteiger partial charge in [-0.1, -0.05) is 0 Å². The number of hydrogen-bond acceptors (Lipinski definition) is 5. The second-order valence-electron chi connectivity index (χ2n) is 3.21. The molecular formula is C7H16ClNO5S2. The van der Waals surface area contributed by atoms with Crippen LogP contribution in [0, 0.1) is 0 Å². The van der Waals surface area contributed by atoms with E-state index in [4.69, 9.17) is 16.3 Å². The maximum absolute atomic E-state index is 11.2. The summed E-state index contributed by atoms with van der Waals surface area (Å²) < 4.78 is 51.1. The number of sulfonamides is 1. The van der Waals surface area contributed by atoms with Crippen LogP contribution in [0.5, 0.6) is 0 Å². The number of halogens is 1. The van der Waals surface area contributed by atoms with Gasteiger partial charge < -0.3 is 4.74 Å².